The lowest BCUT2D eigenvalue weighted by molar-refractivity contribution is 0.255. The molecule has 2 aromatic rings. The van der Waals surface area contributed by atoms with Crippen LogP contribution in [0.1, 0.15) is 26.2 Å². The number of imidazole rings is 1. The minimum absolute atomic E-state index is 0.108. The smallest absolute Gasteiger partial charge is 0.328 e. The van der Waals surface area contributed by atoms with Gasteiger partial charge >= 0.3 is 7.60 Å². The molecule has 1 atom stereocenters. The summed E-state index contributed by atoms with van der Waals surface area (Å²) in [6, 6.07) is 0. The van der Waals surface area contributed by atoms with Crippen LogP contribution in [0.25, 0.3) is 11.2 Å². The Morgan fingerprint density at radius 2 is 2.24 bits per heavy atom. The van der Waals surface area contributed by atoms with Crippen LogP contribution >= 0.6 is 7.60 Å². The Labute approximate surface area is 146 Å². The van der Waals surface area contributed by atoms with E-state index in [1.807, 2.05) is 23.6 Å². The van der Waals surface area contributed by atoms with Crippen LogP contribution in [0, 0.1) is 0 Å². The molecule has 2 aromatic heterocycles. The van der Waals surface area contributed by atoms with Gasteiger partial charge in [-0.3, -0.25) is 4.57 Å². The number of aromatic nitrogens is 4. The highest BCUT2D eigenvalue weighted by Crippen LogP contribution is 2.42. The minimum Gasteiger partial charge on any atom is -0.371 e. The van der Waals surface area contributed by atoms with E-state index in [1.165, 1.54) is 0 Å². The fourth-order valence-electron chi connectivity index (χ4n) is 2.23. The van der Waals surface area contributed by atoms with E-state index in [9.17, 15) is 9.46 Å². The predicted octanol–water partition coefficient (Wildman–Crippen LogP) is 2.40. The molecule has 0 saturated carbocycles. The first-order valence-electron chi connectivity index (χ1n) is 8.24. The molecule has 0 aromatic carbocycles. The topological polar surface area (TPSA) is 128 Å². The van der Waals surface area contributed by atoms with Crippen molar-refractivity contribution in [1.29, 1.82) is 0 Å². The van der Waals surface area contributed by atoms with Crippen LogP contribution in [0.5, 0.6) is 0 Å². The van der Waals surface area contributed by atoms with E-state index >= 15 is 0 Å². The molecular weight excluding hydrogens is 343 g/mol. The van der Waals surface area contributed by atoms with Crippen LogP contribution in [0.4, 0.5) is 11.8 Å². The van der Waals surface area contributed by atoms with Gasteiger partial charge in [-0.2, -0.15) is 9.97 Å². The zero-order valence-electron chi connectivity index (χ0n) is 14.6. The lowest BCUT2D eigenvalue weighted by Gasteiger charge is -2.10. The second kappa shape index (κ2) is 8.94. The van der Waals surface area contributed by atoms with Gasteiger partial charge in [0.2, 0.25) is 5.95 Å². The van der Waals surface area contributed by atoms with Gasteiger partial charge in [-0.1, -0.05) is 25.5 Å². The molecule has 0 aliphatic carbocycles. The Morgan fingerprint density at radius 1 is 1.44 bits per heavy atom. The first-order chi connectivity index (χ1) is 12.0. The van der Waals surface area contributed by atoms with Crippen molar-refractivity contribution in [2.24, 2.45) is 0 Å². The maximum atomic E-state index is 11.8. The highest BCUT2D eigenvalue weighted by atomic mass is 31.2. The number of unbranched alkanes of at least 4 members (excludes halogenated alkanes) is 1. The molecule has 2 heterocycles. The number of hydrogen-bond acceptors (Lipinski definition) is 7. The van der Waals surface area contributed by atoms with Crippen molar-refractivity contribution in [3.05, 3.63) is 18.5 Å². The van der Waals surface area contributed by atoms with Gasteiger partial charge in [0, 0.05) is 13.6 Å². The third-order valence-corrected chi connectivity index (χ3v) is 4.97. The molecule has 25 heavy (non-hydrogen) atoms. The van der Waals surface area contributed by atoms with Crippen LogP contribution in [0.3, 0.4) is 0 Å². The Hall–Kier alpha value is -1.96. The quantitative estimate of drug-likeness (QED) is 0.331. The minimum atomic E-state index is -3.49. The highest BCUT2D eigenvalue weighted by molar-refractivity contribution is 7.52. The molecule has 0 saturated heterocycles. The number of fused-ring (bicyclic) bond motifs is 1. The number of nitrogens with zero attached hydrogens (tertiary/aromatic N) is 4. The monoisotopic (exact) mass is 368 g/mol. The molecule has 9 nitrogen and oxygen atoms in total. The molecule has 1 unspecified atom stereocenters. The molecule has 0 bridgehead atoms. The average molecular weight is 368 g/mol. The summed E-state index contributed by atoms with van der Waals surface area (Å²) in [5.41, 5.74) is 6.99. The average Bonchev–Trinajstić information content (AvgIpc) is 2.96. The van der Waals surface area contributed by atoms with Crippen molar-refractivity contribution < 1.29 is 14.0 Å². The van der Waals surface area contributed by atoms with E-state index in [1.54, 1.807) is 13.4 Å². The van der Waals surface area contributed by atoms with Crippen molar-refractivity contribution in [2.45, 2.75) is 32.7 Å². The van der Waals surface area contributed by atoms with Crippen LogP contribution in [-0.4, -0.2) is 44.2 Å². The summed E-state index contributed by atoms with van der Waals surface area (Å²) < 4.78 is 18.7. The summed E-state index contributed by atoms with van der Waals surface area (Å²) in [6.07, 6.45) is 7.69. The summed E-state index contributed by atoms with van der Waals surface area (Å²) in [6.45, 7) is 2.86. The van der Waals surface area contributed by atoms with E-state index in [2.05, 4.69) is 20.3 Å². The van der Waals surface area contributed by atoms with E-state index in [4.69, 9.17) is 10.3 Å². The van der Waals surface area contributed by atoms with Crippen LogP contribution in [0.2, 0.25) is 0 Å². The van der Waals surface area contributed by atoms with Gasteiger partial charge in [0.15, 0.2) is 17.0 Å². The highest BCUT2D eigenvalue weighted by Gasteiger charge is 2.17. The fourth-order valence-corrected chi connectivity index (χ4v) is 3.25. The van der Waals surface area contributed by atoms with Crippen molar-refractivity contribution in [3.63, 3.8) is 0 Å². The molecular formula is C15H25N6O3P. The lowest BCUT2D eigenvalue weighted by Crippen LogP contribution is -2.03. The SMILES string of the molecule is CCCCOP(=O)(O)CC/C=C\Cn1cnc2c(NC)nc(N)nc21. The Balaban J connectivity index is 1.91. The van der Waals surface area contributed by atoms with Crippen molar-refractivity contribution in [1.82, 2.24) is 19.5 Å². The van der Waals surface area contributed by atoms with E-state index in [0.717, 1.165) is 12.8 Å². The molecule has 10 heteroatoms. The summed E-state index contributed by atoms with van der Waals surface area (Å²) in [4.78, 5) is 22.3. The first kappa shape index (κ1) is 19.4. The van der Waals surface area contributed by atoms with Crippen LogP contribution in [-0.2, 0) is 15.6 Å². The third-order valence-electron chi connectivity index (χ3n) is 3.56. The second-order valence-corrected chi connectivity index (χ2v) is 7.54. The van der Waals surface area contributed by atoms with Crippen LogP contribution < -0.4 is 11.1 Å². The van der Waals surface area contributed by atoms with E-state index < -0.39 is 7.60 Å². The number of rotatable bonds is 10. The number of anilines is 2. The van der Waals surface area contributed by atoms with Crippen molar-refractivity contribution in [2.75, 3.05) is 30.9 Å². The van der Waals surface area contributed by atoms with Crippen molar-refractivity contribution >= 4 is 30.5 Å². The normalized spacial score (nSPS) is 14.2. The molecule has 4 N–H and O–H groups in total. The summed E-state index contributed by atoms with van der Waals surface area (Å²) in [7, 11) is -1.75. The number of nitrogens with two attached hydrogens (primary N) is 1. The molecule has 0 fully saturated rings. The molecule has 0 aliphatic heterocycles. The summed E-state index contributed by atoms with van der Waals surface area (Å²) in [5.74, 6) is 0.753. The van der Waals surface area contributed by atoms with Gasteiger partial charge in [-0.25, -0.2) is 4.98 Å². The molecule has 2 rings (SSSR count). The third kappa shape index (κ3) is 5.52. The van der Waals surface area contributed by atoms with Gasteiger partial charge < -0.3 is 25.0 Å². The van der Waals surface area contributed by atoms with Crippen molar-refractivity contribution in [3.8, 4) is 0 Å². The summed E-state index contributed by atoms with van der Waals surface area (Å²) in [5, 5.41) is 2.94. The first-order valence-corrected chi connectivity index (χ1v) is 10.0. The van der Waals surface area contributed by atoms with Gasteiger partial charge in [-0.15, -0.1) is 0 Å². The molecule has 0 amide bonds. The number of nitrogen functional groups attached to an aromatic ring is 1. The van der Waals surface area contributed by atoms with Gasteiger partial charge in [0.1, 0.15) is 0 Å². The fraction of sp³-hybridized carbons (Fsp3) is 0.533. The maximum Gasteiger partial charge on any atom is 0.328 e. The Bertz CT molecular complexity index is 776. The zero-order valence-corrected chi connectivity index (χ0v) is 15.4. The molecule has 138 valence electrons. The summed E-state index contributed by atoms with van der Waals surface area (Å²) >= 11 is 0. The van der Waals surface area contributed by atoms with Crippen LogP contribution in [0.15, 0.2) is 18.5 Å². The van der Waals surface area contributed by atoms with Gasteiger partial charge in [0.05, 0.1) is 19.1 Å². The zero-order chi connectivity index (χ0) is 18.3. The molecule has 0 spiro atoms. The lowest BCUT2D eigenvalue weighted by atomic mass is 10.4. The van der Waals surface area contributed by atoms with Gasteiger partial charge in [-0.05, 0) is 12.8 Å². The standard InChI is InChI=1S/C15H25N6O3P/c1-3-4-9-24-25(22,23)10-7-5-6-8-21-11-18-12-13(17-2)19-15(16)20-14(12)21/h5-6,11H,3-4,7-10H2,1-2H3,(H,22,23)(H3,16,17,19,20)/b6-5-. The number of allylic oxidation sites excluding steroid dienone is 2. The predicted molar refractivity (Wildman–Crippen MR) is 98.6 cm³/mol. The molecule has 0 radical (unpaired) electrons. The number of hydrogen-bond donors (Lipinski definition) is 3. The maximum absolute atomic E-state index is 11.8. The number of nitrogens with one attached hydrogen (secondary N) is 1. The van der Waals surface area contributed by atoms with Gasteiger partial charge in [0.25, 0.3) is 0 Å². The molecule has 0 aliphatic rings. The largest absolute Gasteiger partial charge is 0.371 e. The van der Waals surface area contributed by atoms with E-state index in [0.29, 0.717) is 36.6 Å². The van der Waals surface area contributed by atoms with E-state index in [-0.39, 0.29) is 12.1 Å². The Morgan fingerprint density at radius 3 is 2.96 bits per heavy atom. The second-order valence-electron chi connectivity index (χ2n) is 5.56. The Kier molecular flexibility index (Phi) is 6.92.